The second kappa shape index (κ2) is 5.75. The first-order chi connectivity index (χ1) is 10.2. The van der Waals surface area contributed by atoms with E-state index in [1.807, 2.05) is 20.8 Å². The van der Waals surface area contributed by atoms with Gasteiger partial charge in [-0.25, -0.2) is 23.9 Å². The van der Waals surface area contributed by atoms with Crippen LogP contribution >= 0.6 is 0 Å². The highest BCUT2D eigenvalue weighted by Crippen LogP contribution is 2.21. The fraction of sp³-hybridized carbons (Fsp3) is 0.400. The van der Waals surface area contributed by atoms with E-state index in [2.05, 4.69) is 9.97 Å². The first-order valence-electron chi connectivity index (χ1n) is 6.85. The standard InChI is InChI=1S/C15H19FN4O2/c1-10-18-13(11-5-12(16)7-17-6-11)8-19(10)20(14(21)22)9-15(2,3)4/h5-8H,9H2,1-4H3,(H,21,22). The molecular weight excluding hydrogens is 287 g/mol. The number of carbonyl (C=O) groups is 1. The molecule has 0 saturated heterocycles. The second-order valence-corrected chi connectivity index (χ2v) is 6.31. The number of amides is 1. The number of nitrogens with zero attached hydrogens (tertiary/aromatic N) is 4. The summed E-state index contributed by atoms with van der Waals surface area (Å²) >= 11 is 0. The van der Waals surface area contributed by atoms with E-state index in [4.69, 9.17) is 0 Å². The lowest BCUT2D eigenvalue weighted by Crippen LogP contribution is -2.44. The molecule has 2 rings (SSSR count). The molecule has 0 spiro atoms. The summed E-state index contributed by atoms with van der Waals surface area (Å²) in [5.74, 6) is 0.0420. The average molecular weight is 306 g/mol. The van der Waals surface area contributed by atoms with Crippen LogP contribution in [0.15, 0.2) is 24.7 Å². The maximum absolute atomic E-state index is 13.3. The van der Waals surface area contributed by atoms with Gasteiger partial charge in [0.1, 0.15) is 11.6 Å². The molecule has 2 aromatic heterocycles. The van der Waals surface area contributed by atoms with Gasteiger partial charge in [-0.3, -0.25) is 4.98 Å². The molecule has 0 bridgehead atoms. The zero-order valence-electron chi connectivity index (χ0n) is 13.0. The monoisotopic (exact) mass is 306 g/mol. The number of halogens is 1. The van der Waals surface area contributed by atoms with Gasteiger partial charge >= 0.3 is 6.09 Å². The normalized spacial score (nSPS) is 11.5. The quantitative estimate of drug-likeness (QED) is 0.946. The molecule has 0 aliphatic rings. The summed E-state index contributed by atoms with van der Waals surface area (Å²) in [5, 5.41) is 10.6. The van der Waals surface area contributed by atoms with Crippen molar-refractivity contribution in [2.45, 2.75) is 27.7 Å². The van der Waals surface area contributed by atoms with Gasteiger partial charge in [-0.05, 0) is 18.4 Å². The predicted octanol–water partition coefficient (Wildman–Crippen LogP) is 3.05. The Kier molecular flexibility index (Phi) is 4.16. The Labute approximate surface area is 128 Å². The summed E-state index contributed by atoms with van der Waals surface area (Å²) < 4.78 is 14.7. The smallest absolute Gasteiger partial charge is 0.426 e. The van der Waals surface area contributed by atoms with Gasteiger partial charge in [0.05, 0.1) is 24.6 Å². The second-order valence-electron chi connectivity index (χ2n) is 6.31. The van der Waals surface area contributed by atoms with Crippen LogP contribution in [0.4, 0.5) is 9.18 Å². The van der Waals surface area contributed by atoms with Crippen LogP contribution in [-0.4, -0.2) is 32.4 Å². The fourth-order valence-electron chi connectivity index (χ4n) is 2.08. The summed E-state index contributed by atoms with van der Waals surface area (Å²) in [4.78, 5) is 19.6. The van der Waals surface area contributed by atoms with Gasteiger partial charge in [-0.1, -0.05) is 20.8 Å². The van der Waals surface area contributed by atoms with Crippen molar-refractivity contribution in [2.24, 2.45) is 5.41 Å². The number of aromatic nitrogens is 3. The van der Waals surface area contributed by atoms with Crippen molar-refractivity contribution in [3.05, 3.63) is 36.3 Å². The predicted molar refractivity (Wildman–Crippen MR) is 80.7 cm³/mol. The Morgan fingerprint density at radius 3 is 2.64 bits per heavy atom. The van der Waals surface area contributed by atoms with Crippen molar-refractivity contribution >= 4 is 6.09 Å². The molecule has 0 fully saturated rings. The molecule has 6 nitrogen and oxygen atoms in total. The molecule has 2 aromatic rings. The van der Waals surface area contributed by atoms with E-state index >= 15 is 0 Å². The van der Waals surface area contributed by atoms with Crippen molar-refractivity contribution in [1.82, 2.24) is 14.6 Å². The van der Waals surface area contributed by atoms with Crippen molar-refractivity contribution in [3.63, 3.8) is 0 Å². The van der Waals surface area contributed by atoms with Crippen molar-refractivity contribution in [1.29, 1.82) is 0 Å². The van der Waals surface area contributed by atoms with E-state index in [9.17, 15) is 14.3 Å². The summed E-state index contributed by atoms with van der Waals surface area (Å²) in [7, 11) is 0. The average Bonchev–Trinajstić information content (AvgIpc) is 2.77. The first kappa shape index (κ1) is 15.9. The molecule has 0 radical (unpaired) electrons. The summed E-state index contributed by atoms with van der Waals surface area (Å²) in [6, 6.07) is 1.31. The third-order valence-electron chi connectivity index (χ3n) is 2.96. The molecule has 0 unspecified atom stereocenters. The molecular formula is C15H19FN4O2. The van der Waals surface area contributed by atoms with E-state index in [1.54, 1.807) is 13.1 Å². The highest BCUT2D eigenvalue weighted by molar-refractivity contribution is 5.76. The Balaban J connectivity index is 2.41. The molecule has 2 heterocycles. The van der Waals surface area contributed by atoms with Crippen LogP contribution in [0, 0.1) is 18.2 Å². The van der Waals surface area contributed by atoms with E-state index in [0.717, 1.165) is 6.20 Å². The van der Waals surface area contributed by atoms with Gasteiger partial charge < -0.3 is 5.11 Å². The molecule has 7 heteroatoms. The zero-order valence-corrected chi connectivity index (χ0v) is 13.0. The van der Waals surface area contributed by atoms with Gasteiger partial charge in [0.15, 0.2) is 0 Å². The highest BCUT2D eigenvalue weighted by atomic mass is 19.1. The fourth-order valence-corrected chi connectivity index (χ4v) is 2.08. The molecule has 0 saturated carbocycles. The third kappa shape index (κ3) is 3.60. The van der Waals surface area contributed by atoms with Crippen LogP contribution in [0.5, 0.6) is 0 Å². The number of pyridine rings is 1. The van der Waals surface area contributed by atoms with Gasteiger partial charge in [-0.15, -0.1) is 0 Å². The molecule has 0 aromatic carbocycles. The maximum Gasteiger partial charge on any atom is 0.426 e. The number of hydrogen-bond donors (Lipinski definition) is 1. The lowest BCUT2D eigenvalue weighted by Gasteiger charge is -2.28. The Hall–Kier alpha value is -2.44. The summed E-state index contributed by atoms with van der Waals surface area (Å²) in [6.45, 7) is 7.86. The molecule has 0 aliphatic carbocycles. The highest BCUT2D eigenvalue weighted by Gasteiger charge is 2.24. The lowest BCUT2D eigenvalue weighted by molar-refractivity contribution is 0.189. The Morgan fingerprint density at radius 2 is 2.09 bits per heavy atom. The lowest BCUT2D eigenvalue weighted by atomic mass is 9.97. The van der Waals surface area contributed by atoms with Crippen LogP contribution in [0.2, 0.25) is 0 Å². The van der Waals surface area contributed by atoms with Gasteiger partial charge in [0.2, 0.25) is 0 Å². The molecule has 0 aliphatic heterocycles. The number of carboxylic acid groups (broad SMARTS) is 1. The topological polar surface area (TPSA) is 71.2 Å². The Morgan fingerprint density at radius 1 is 1.41 bits per heavy atom. The minimum absolute atomic E-state index is 0.213. The van der Waals surface area contributed by atoms with Crippen molar-refractivity contribution in [2.75, 3.05) is 11.6 Å². The van der Waals surface area contributed by atoms with Crippen LogP contribution in [0.3, 0.4) is 0 Å². The van der Waals surface area contributed by atoms with Gasteiger partial charge in [-0.2, -0.15) is 0 Å². The number of hydrogen-bond acceptors (Lipinski definition) is 3. The van der Waals surface area contributed by atoms with Crippen LogP contribution in [-0.2, 0) is 0 Å². The van der Waals surface area contributed by atoms with E-state index in [1.165, 1.54) is 21.9 Å². The molecule has 118 valence electrons. The molecule has 1 N–H and O–H groups in total. The first-order valence-corrected chi connectivity index (χ1v) is 6.85. The van der Waals surface area contributed by atoms with Crippen molar-refractivity contribution < 1.29 is 14.3 Å². The van der Waals surface area contributed by atoms with Gasteiger partial charge in [0, 0.05) is 11.8 Å². The van der Waals surface area contributed by atoms with Gasteiger partial charge in [0.25, 0.3) is 0 Å². The van der Waals surface area contributed by atoms with Crippen LogP contribution < -0.4 is 5.01 Å². The summed E-state index contributed by atoms with van der Waals surface area (Å²) in [6.07, 6.45) is 3.10. The number of imidazole rings is 1. The van der Waals surface area contributed by atoms with Crippen molar-refractivity contribution in [3.8, 4) is 11.3 Å². The van der Waals surface area contributed by atoms with Crippen LogP contribution in [0.25, 0.3) is 11.3 Å². The number of aryl methyl sites for hydroxylation is 1. The Bertz CT molecular complexity index is 691. The minimum Gasteiger partial charge on any atom is -0.464 e. The van der Waals surface area contributed by atoms with E-state index < -0.39 is 11.9 Å². The number of rotatable bonds is 3. The zero-order chi connectivity index (χ0) is 16.5. The largest absolute Gasteiger partial charge is 0.464 e. The minimum atomic E-state index is -1.07. The maximum atomic E-state index is 13.3. The van der Waals surface area contributed by atoms with E-state index in [-0.39, 0.29) is 5.41 Å². The molecule has 0 atom stereocenters. The summed E-state index contributed by atoms with van der Waals surface area (Å²) in [5.41, 5.74) is 0.767. The molecule has 22 heavy (non-hydrogen) atoms. The van der Waals surface area contributed by atoms with Crippen LogP contribution in [0.1, 0.15) is 26.6 Å². The molecule has 1 amide bonds. The van der Waals surface area contributed by atoms with E-state index in [0.29, 0.717) is 23.6 Å². The SMILES string of the molecule is Cc1nc(-c2cncc(F)c2)cn1N(CC(C)(C)C)C(=O)O. The third-order valence-corrected chi connectivity index (χ3v) is 2.96.